The molecule has 0 fully saturated rings. The molecule has 80 valence electrons. The first-order chi connectivity index (χ1) is 7.29. The summed E-state index contributed by atoms with van der Waals surface area (Å²) < 4.78 is 5.66. The Kier molecular flexibility index (Phi) is 3.18. The Balaban J connectivity index is 2.11. The Bertz CT molecular complexity index is 408. The zero-order valence-corrected chi connectivity index (χ0v) is 9.67. The van der Waals surface area contributed by atoms with Gasteiger partial charge in [0.1, 0.15) is 5.76 Å². The Morgan fingerprint density at radius 2 is 2.47 bits per heavy atom. The number of likely N-dealkylation sites (N-methyl/N-ethyl adjacent to an activating group) is 1. The molecule has 2 aromatic heterocycles. The normalized spacial score (nSPS) is 12.9. The summed E-state index contributed by atoms with van der Waals surface area (Å²) in [5.41, 5.74) is 0. The summed E-state index contributed by atoms with van der Waals surface area (Å²) in [6, 6.07) is 4.43. The smallest absolute Gasteiger partial charge is 0.236 e. The zero-order valence-electron chi connectivity index (χ0n) is 8.86. The van der Waals surface area contributed by atoms with Gasteiger partial charge in [0.15, 0.2) is 0 Å². The molecule has 0 aliphatic rings. The third-order valence-electron chi connectivity index (χ3n) is 2.29. The van der Waals surface area contributed by atoms with Crippen LogP contribution in [0.5, 0.6) is 0 Å². The molecule has 1 unspecified atom stereocenters. The number of hydrogen-bond donors (Lipinski definition) is 1. The van der Waals surface area contributed by atoms with Crippen LogP contribution < -0.4 is 5.32 Å². The van der Waals surface area contributed by atoms with Crippen molar-refractivity contribution >= 4 is 11.3 Å². The van der Waals surface area contributed by atoms with Crippen LogP contribution in [-0.4, -0.2) is 18.1 Å². The van der Waals surface area contributed by atoms with Gasteiger partial charge in [-0.3, -0.25) is 0 Å². The SMILES string of the molecule is CNC(C)Cc1cnc(-c2cccs2)o1. The minimum absolute atomic E-state index is 0.411. The molecule has 4 heteroatoms. The first kappa shape index (κ1) is 10.4. The number of oxazole rings is 1. The van der Waals surface area contributed by atoms with Crippen LogP contribution in [0.3, 0.4) is 0 Å². The summed E-state index contributed by atoms with van der Waals surface area (Å²) in [4.78, 5) is 5.34. The Hall–Kier alpha value is -1.13. The van der Waals surface area contributed by atoms with Crippen molar-refractivity contribution in [2.75, 3.05) is 7.05 Å². The van der Waals surface area contributed by atoms with E-state index in [-0.39, 0.29) is 0 Å². The van der Waals surface area contributed by atoms with Gasteiger partial charge in [0.2, 0.25) is 5.89 Å². The largest absolute Gasteiger partial charge is 0.440 e. The van der Waals surface area contributed by atoms with Gasteiger partial charge in [0, 0.05) is 12.5 Å². The van der Waals surface area contributed by atoms with Crippen LogP contribution in [-0.2, 0) is 6.42 Å². The predicted octanol–water partition coefficient (Wildman–Crippen LogP) is 2.55. The number of rotatable bonds is 4. The van der Waals surface area contributed by atoms with E-state index in [1.165, 1.54) is 0 Å². The molecule has 2 rings (SSSR count). The molecule has 15 heavy (non-hydrogen) atoms. The molecule has 0 radical (unpaired) electrons. The fourth-order valence-electron chi connectivity index (χ4n) is 1.32. The van der Waals surface area contributed by atoms with E-state index in [4.69, 9.17) is 4.42 Å². The molecule has 0 saturated heterocycles. The molecule has 0 spiro atoms. The maximum atomic E-state index is 5.66. The molecule has 0 amide bonds. The molecule has 1 N–H and O–H groups in total. The van der Waals surface area contributed by atoms with Gasteiger partial charge in [-0.1, -0.05) is 6.07 Å². The van der Waals surface area contributed by atoms with Crippen molar-refractivity contribution in [1.82, 2.24) is 10.3 Å². The minimum atomic E-state index is 0.411. The van der Waals surface area contributed by atoms with Crippen molar-refractivity contribution < 1.29 is 4.42 Å². The standard InChI is InChI=1S/C11H14N2OS/c1-8(12-2)6-9-7-13-11(14-9)10-4-3-5-15-10/h3-5,7-8,12H,6H2,1-2H3. The molecule has 0 aromatic carbocycles. The van der Waals surface area contributed by atoms with E-state index in [0.29, 0.717) is 6.04 Å². The summed E-state index contributed by atoms with van der Waals surface area (Å²) in [7, 11) is 1.95. The van der Waals surface area contributed by atoms with Gasteiger partial charge in [0.25, 0.3) is 0 Å². The van der Waals surface area contributed by atoms with Gasteiger partial charge < -0.3 is 9.73 Å². The second-order valence-corrected chi connectivity index (χ2v) is 4.45. The molecular formula is C11H14N2OS. The zero-order chi connectivity index (χ0) is 10.7. The number of nitrogens with zero attached hydrogens (tertiary/aromatic N) is 1. The predicted molar refractivity (Wildman–Crippen MR) is 62.0 cm³/mol. The maximum absolute atomic E-state index is 5.66. The lowest BCUT2D eigenvalue weighted by atomic mass is 10.2. The summed E-state index contributed by atoms with van der Waals surface area (Å²) in [6.45, 7) is 2.12. The van der Waals surface area contributed by atoms with Crippen LogP contribution in [0.25, 0.3) is 10.8 Å². The van der Waals surface area contributed by atoms with Gasteiger partial charge in [-0.05, 0) is 25.4 Å². The fraction of sp³-hybridized carbons (Fsp3) is 0.364. The van der Waals surface area contributed by atoms with E-state index in [2.05, 4.69) is 17.2 Å². The first-order valence-corrected chi connectivity index (χ1v) is 5.83. The second kappa shape index (κ2) is 4.59. The lowest BCUT2D eigenvalue weighted by molar-refractivity contribution is 0.479. The van der Waals surface area contributed by atoms with Crippen LogP contribution in [0, 0.1) is 0 Å². The van der Waals surface area contributed by atoms with Crippen molar-refractivity contribution in [2.45, 2.75) is 19.4 Å². The van der Waals surface area contributed by atoms with Crippen molar-refractivity contribution in [3.63, 3.8) is 0 Å². The molecule has 0 saturated carbocycles. The molecule has 1 atom stereocenters. The average molecular weight is 222 g/mol. The van der Waals surface area contributed by atoms with E-state index >= 15 is 0 Å². The topological polar surface area (TPSA) is 38.1 Å². The quantitative estimate of drug-likeness (QED) is 0.864. The van der Waals surface area contributed by atoms with Crippen molar-refractivity contribution in [2.24, 2.45) is 0 Å². The van der Waals surface area contributed by atoms with Crippen molar-refractivity contribution in [3.8, 4) is 10.8 Å². The third-order valence-corrected chi connectivity index (χ3v) is 3.14. The van der Waals surface area contributed by atoms with Gasteiger partial charge in [-0.2, -0.15) is 0 Å². The average Bonchev–Trinajstić information content (AvgIpc) is 2.85. The van der Waals surface area contributed by atoms with E-state index < -0.39 is 0 Å². The Labute approximate surface area is 93.2 Å². The molecule has 2 heterocycles. The number of hydrogen-bond acceptors (Lipinski definition) is 4. The van der Waals surface area contributed by atoms with E-state index in [1.54, 1.807) is 11.3 Å². The Morgan fingerprint density at radius 3 is 3.13 bits per heavy atom. The monoisotopic (exact) mass is 222 g/mol. The lowest BCUT2D eigenvalue weighted by Gasteiger charge is -2.05. The van der Waals surface area contributed by atoms with Crippen LogP contribution in [0.2, 0.25) is 0 Å². The summed E-state index contributed by atoms with van der Waals surface area (Å²) in [6.07, 6.45) is 2.68. The van der Waals surface area contributed by atoms with E-state index in [9.17, 15) is 0 Å². The molecular weight excluding hydrogens is 208 g/mol. The van der Waals surface area contributed by atoms with Gasteiger partial charge >= 0.3 is 0 Å². The van der Waals surface area contributed by atoms with E-state index in [1.807, 2.05) is 30.8 Å². The van der Waals surface area contributed by atoms with Crippen molar-refractivity contribution in [3.05, 3.63) is 29.5 Å². The van der Waals surface area contributed by atoms with Gasteiger partial charge in [-0.25, -0.2) is 4.98 Å². The summed E-state index contributed by atoms with van der Waals surface area (Å²) in [5, 5.41) is 5.20. The highest BCUT2D eigenvalue weighted by atomic mass is 32.1. The minimum Gasteiger partial charge on any atom is -0.440 e. The maximum Gasteiger partial charge on any atom is 0.236 e. The first-order valence-electron chi connectivity index (χ1n) is 4.95. The highest BCUT2D eigenvalue weighted by Crippen LogP contribution is 2.24. The molecule has 0 aliphatic heterocycles. The van der Waals surface area contributed by atoms with Crippen molar-refractivity contribution in [1.29, 1.82) is 0 Å². The summed E-state index contributed by atoms with van der Waals surface area (Å²) in [5.74, 6) is 1.66. The summed E-state index contributed by atoms with van der Waals surface area (Å²) >= 11 is 1.64. The lowest BCUT2D eigenvalue weighted by Crippen LogP contribution is -2.23. The van der Waals surface area contributed by atoms with E-state index in [0.717, 1.165) is 22.9 Å². The molecule has 2 aromatic rings. The fourth-order valence-corrected chi connectivity index (χ4v) is 1.98. The number of nitrogens with one attached hydrogen (secondary N) is 1. The molecule has 0 aliphatic carbocycles. The molecule has 0 bridgehead atoms. The number of thiophene rings is 1. The third kappa shape index (κ3) is 2.46. The molecule has 3 nitrogen and oxygen atoms in total. The highest BCUT2D eigenvalue weighted by Gasteiger charge is 2.09. The second-order valence-electron chi connectivity index (χ2n) is 3.50. The van der Waals surface area contributed by atoms with Gasteiger partial charge in [0.05, 0.1) is 11.1 Å². The van der Waals surface area contributed by atoms with Gasteiger partial charge in [-0.15, -0.1) is 11.3 Å². The highest BCUT2D eigenvalue weighted by molar-refractivity contribution is 7.13. The van der Waals surface area contributed by atoms with Crippen LogP contribution in [0.15, 0.2) is 28.1 Å². The van der Waals surface area contributed by atoms with Crippen LogP contribution in [0.1, 0.15) is 12.7 Å². The van der Waals surface area contributed by atoms with Crippen LogP contribution in [0.4, 0.5) is 0 Å². The van der Waals surface area contributed by atoms with Crippen LogP contribution >= 0.6 is 11.3 Å². The Morgan fingerprint density at radius 1 is 1.60 bits per heavy atom. The number of aromatic nitrogens is 1.